The Morgan fingerprint density at radius 1 is 1.64 bits per heavy atom. The van der Waals surface area contributed by atoms with Crippen molar-refractivity contribution in [3.63, 3.8) is 0 Å². The van der Waals surface area contributed by atoms with Crippen LogP contribution in [0.15, 0.2) is 0 Å². The molecular formula is C9H20N2O3. The summed E-state index contributed by atoms with van der Waals surface area (Å²) in [4.78, 5) is 11.2. The number of carbonyl (C=O) groups excluding carboxylic acids is 1. The Labute approximate surface area is 84.6 Å². The molecule has 2 unspecified atom stereocenters. The van der Waals surface area contributed by atoms with Crippen LogP contribution < -0.4 is 11.1 Å². The summed E-state index contributed by atoms with van der Waals surface area (Å²) in [5.41, 5.74) is 5.37. The van der Waals surface area contributed by atoms with Gasteiger partial charge in [-0.15, -0.1) is 0 Å². The van der Waals surface area contributed by atoms with E-state index in [9.17, 15) is 9.90 Å². The highest BCUT2D eigenvalue weighted by molar-refractivity contribution is 5.76. The van der Waals surface area contributed by atoms with Crippen molar-refractivity contribution in [1.82, 2.24) is 5.32 Å². The molecule has 0 aliphatic heterocycles. The van der Waals surface area contributed by atoms with E-state index in [1.165, 1.54) is 7.11 Å². The van der Waals surface area contributed by atoms with Gasteiger partial charge in [0.05, 0.1) is 12.7 Å². The molecule has 0 bridgehead atoms. The highest BCUT2D eigenvalue weighted by atomic mass is 16.5. The molecule has 0 rings (SSSR count). The zero-order valence-corrected chi connectivity index (χ0v) is 8.82. The number of aliphatic hydroxyl groups excluding tert-OH is 1. The van der Waals surface area contributed by atoms with Gasteiger partial charge in [0.25, 0.3) is 0 Å². The number of aliphatic hydroxyl groups is 1. The van der Waals surface area contributed by atoms with Gasteiger partial charge in [0, 0.05) is 20.1 Å². The maximum Gasteiger partial charge on any atom is 0.220 e. The minimum Gasteiger partial charge on any atom is -0.389 e. The molecule has 84 valence electrons. The molecule has 0 aromatic carbocycles. The molecule has 14 heavy (non-hydrogen) atoms. The van der Waals surface area contributed by atoms with Gasteiger partial charge in [0.15, 0.2) is 0 Å². The van der Waals surface area contributed by atoms with Crippen LogP contribution in [0.3, 0.4) is 0 Å². The van der Waals surface area contributed by atoms with Crippen LogP contribution in [-0.4, -0.2) is 43.9 Å². The summed E-state index contributed by atoms with van der Waals surface area (Å²) in [5, 5.41) is 11.8. The second kappa shape index (κ2) is 7.73. The maximum absolute atomic E-state index is 11.2. The molecule has 4 N–H and O–H groups in total. The van der Waals surface area contributed by atoms with E-state index in [2.05, 4.69) is 5.32 Å². The fourth-order valence-electron chi connectivity index (χ4n) is 0.955. The Hall–Kier alpha value is -0.650. The van der Waals surface area contributed by atoms with E-state index >= 15 is 0 Å². The summed E-state index contributed by atoms with van der Waals surface area (Å²) in [6.07, 6.45) is -0.243. The Balaban J connectivity index is 3.53. The molecule has 0 saturated carbocycles. The monoisotopic (exact) mass is 204 g/mol. The average Bonchev–Trinajstić information content (AvgIpc) is 2.15. The van der Waals surface area contributed by atoms with E-state index in [0.717, 1.165) is 0 Å². The molecule has 1 amide bonds. The standard InChI is InChI=1S/C9H20N2O3/c1-7(4-10)3-9(13)11-5-8(12)6-14-2/h7-8,12H,3-6,10H2,1-2H3,(H,11,13). The van der Waals surface area contributed by atoms with Gasteiger partial charge < -0.3 is 20.9 Å². The van der Waals surface area contributed by atoms with Crippen molar-refractivity contribution in [3.05, 3.63) is 0 Å². The molecule has 0 radical (unpaired) electrons. The molecular weight excluding hydrogens is 184 g/mol. The van der Waals surface area contributed by atoms with Gasteiger partial charge in [-0.2, -0.15) is 0 Å². The maximum atomic E-state index is 11.2. The molecule has 2 atom stereocenters. The quantitative estimate of drug-likeness (QED) is 0.501. The smallest absolute Gasteiger partial charge is 0.220 e. The van der Waals surface area contributed by atoms with E-state index in [0.29, 0.717) is 13.0 Å². The van der Waals surface area contributed by atoms with Crippen LogP contribution in [0.1, 0.15) is 13.3 Å². The first-order valence-corrected chi connectivity index (χ1v) is 4.73. The number of rotatable bonds is 7. The van der Waals surface area contributed by atoms with Gasteiger partial charge in [-0.3, -0.25) is 4.79 Å². The SMILES string of the molecule is COCC(O)CNC(=O)CC(C)CN. The summed E-state index contributed by atoms with van der Waals surface area (Å²) < 4.78 is 4.72. The van der Waals surface area contributed by atoms with Crippen molar-refractivity contribution in [2.24, 2.45) is 11.7 Å². The lowest BCUT2D eigenvalue weighted by Crippen LogP contribution is -2.35. The molecule has 0 aromatic rings. The number of carbonyl (C=O) groups is 1. The molecule has 0 fully saturated rings. The number of amides is 1. The van der Waals surface area contributed by atoms with Crippen LogP contribution in [-0.2, 0) is 9.53 Å². The molecule has 5 nitrogen and oxygen atoms in total. The Bertz CT molecular complexity index is 164. The first kappa shape index (κ1) is 13.4. The van der Waals surface area contributed by atoms with Crippen LogP contribution in [0.5, 0.6) is 0 Å². The third-order valence-electron chi connectivity index (χ3n) is 1.83. The van der Waals surface area contributed by atoms with Gasteiger partial charge in [0.1, 0.15) is 0 Å². The summed E-state index contributed by atoms with van der Waals surface area (Å²) in [7, 11) is 1.50. The van der Waals surface area contributed by atoms with Crippen LogP contribution in [0.2, 0.25) is 0 Å². The van der Waals surface area contributed by atoms with Gasteiger partial charge in [-0.1, -0.05) is 6.92 Å². The topological polar surface area (TPSA) is 84.6 Å². The molecule has 0 heterocycles. The summed E-state index contributed by atoms with van der Waals surface area (Å²) in [6.45, 7) is 2.86. The van der Waals surface area contributed by atoms with Crippen LogP contribution in [0.25, 0.3) is 0 Å². The second-order valence-corrected chi connectivity index (χ2v) is 3.46. The zero-order valence-electron chi connectivity index (χ0n) is 8.82. The molecule has 0 spiro atoms. The van der Waals surface area contributed by atoms with Crippen molar-refractivity contribution in [2.75, 3.05) is 26.8 Å². The van der Waals surface area contributed by atoms with Crippen molar-refractivity contribution >= 4 is 5.91 Å². The Morgan fingerprint density at radius 2 is 2.29 bits per heavy atom. The summed E-state index contributed by atoms with van der Waals surface area (Å²) >= 11 is 0. The molecule has 5 heteroatoms. The second-order valence-electron chi connectivity index (χ2n) is 3.46. The van der Waals surface area contributed by atoms with Crippen LogP contribution in [0.4, 0.5) is 0 Å². The van der Waals surface area contributed by atoms with Crippen LogP contribution >= 0.6 is 0 Å². The first-order chi connectivity index (χ1) is 6.60. The zero-order chi connectivity index (χ0) is 11.0. The minimum absolute atomic E-state index is 0.0851. The molecule has 0 aliphatic rings. The van der Waals surface area contributed by atoms with Gasteiger partial charge in [0.2, 0.25) is 5.91 Å². The Morgan fingerprint density at radius 3 is 2.79 bits per heavy atom. The minimum atomic E-state index is -0.642. The number of nitrogens with one attached hydrogen (secondary N) is 1. The van der Waals surface area contributed by atoms with Crippen LogP contribution in [0, 0.1) is 5.92 Å². The van der Waals surface area contributed by atoms with E-state index in [1.54, 1.807) is 0 Å². The number of ether oxygens (including phenoxy) is 1. The largest absolute Gasteiger partial charge is 0.389 e. The summed E-state index contributed by atoms with van der Waals surface area (Å²) in [6, 6.07) is 0. The van der Waals surface area contributed by atoms with Crippen molar-refractivity contribution in [3.8, 4) is 0 Å². The lowest BCUT2D eigenvalue weighted by atomic mass is 10.1. The van der Waals surface area contributed by atoms with Gasteiger partial charge >= 0.3 is 0 Å². The highest BCUT2D eigenvalue weighted by Crippen LogP contribution is 1.97. The van der Waals surface area contributed by atoms with Gasteiger partial charge in [-0.25, -0.2) is 0 Å². The van der Waals surface area contributed by atoms with Crippen molar-refractivity contribution in [2.45, 2.75) is 19.4 Å². The van der Waals surface area contributed by atoms with E-state index in [-0.39, 0.29) is 25.0 Å². The third kappa shape index (κ3) is 6.82. The molecule has 0 aliphatic carbocycles. The first-order valence-electron chi connectivity index (χ1n) is 4.73. The average molecular weight is 204 g/mol. The Kier molecular flexibility index (Phi) is 7.37. The number of hydrogen-bond donors (Lipinski definition) is 3. The van der Waals surface area contributed by atoms with Gasteiger partial charge in [-0.05, 0) is 12.5 Å². The molecule has 0 saturated heterocycles. The third-order valence-corrected chi connectivity index (χ3v) is 1.83. The predicted octanol–water partition coefficient (Wildman–Crippen LogP) is -0.905. The number of nitrogens with two attached hydrogens (primary N) is 1. The molecule has 0 aromatic heterocycles. The van der Waals surface area contributed by atoms with E-state index in [1.807, 2.05) is 6.92 Å². The lowest BCUT2D eigenvalue weighted by molar-refractivity contribution is -0.122. The van der Waals surface area contributed by atoms with Crippen molar-refractivity contribution < 1.29 is 14.6 Å². The normalized spacial score (nSPS) is 14.9. The predicted molar refractivity (Wildman–Crippen MR) is 53.7 cm³/mol. The van der Waals surface area contributed by atoms with E-state index in [4.69, 9.17) is 10.5 Å². The fraction of sp³-hybridized carbons (Fsp3) is 0.889. The number of hydrogen-bond acceptors (Lipinski definition) is 4. The highest BCUT2D eigenvalue weighted by Gasteiger charge is 2.09. The number of methoxy groups -OCH3 is 1. The fourth-order valence-corrected chi connectivity index (χ4v) is 0.955. The lowest BCUT2D eigenvalue weighted by Gasteiger charge is -2.12. The van der Waals surface area contributed by atoms with Crippen molar-refractivity contribution in [1.29, 1.82) is 0 Å². The van der Waals surface area contributed by atoms with E-state index < -0.39 is 6.10 Å². The summed E-state index contributed by atoms with van der Waals surface area (Å²) in [5.74, 6) is 0.0904.